The van der Waals surface area contributed by atoms with Gasteiger partial charge in [0, 0.05) is 6.42 Å². The maximum Gasteiger partial charge on any atom is 0.253 e. The van der Waals surface area contributed by atoms with E-state index in [1.54, 1.807) is 0 Å². The van der Waals surface area contributed by atoms with E-state index in [2.05, 4.69) is 23.5 Å². The molecule has 1 aromatic heterocycles. The van der Waals surface area contributed by atoms with Crippen LogP contribution in [0.5, 0.6) is 0 Å². The first-order chi connectivity index (χ1) is 4.34. The lowest BCUT2D eigenvalue weighted by Gasteiger charge is -1.87. The molecule has 0 fully saturated rings. The fourth-order valence-electron chi connectivity index (χ4n) is 0.922. The molecule has 0 atom stereocenters. The largest absolute Gasteiger partial charge is 0.870 e. The molecule has 1 heterocycles. The van der Waals surface area contributed by atoms with Crippen molar-refractivity contribution in [2.75, 3.05) is 0 Å². The summed E-state index contributed by atoms with van der Waals surface area (Å²) in [4.78, 5) is 3.17. The molecule has 0 unspecified atom stereocenters. The average Bonchev–Trinajstić information content (AvgIpc) is 2.18. The molecule has 58 valence electrons. The SMILES string of the molecule is CCCc1[nH]cc[n+]1C.[OH-]. The van der Waals surface area contributed by atoms with Gasteiger partial charge in [-0.1, -0.05) is 6.92 Å². The topological polar surface area (TPSA) is 49.7 Å². The van der Waals surface area contributed by atoms with Crippen LogP contribution >= 0.6 is 0 Å². The summed E-state index contributed by atoms with van der Waals surface area (Å²) in [5.74, 6) is 1.30. The van der Waals surface area contributed by atoms with E-state index in [4.69, 9.17) is 0 Å². The molecule has 1 rings (SSSR count). The second kappa shape index (κ2) is 4.06. The van der Waals surface area contributed by atoms with Gasteiger partial charge in [-0.15, -0.1) is 0 Å². The third-order valence-corrected chi connectivity index (χ3v) is 1.46. The molecule has 0 aliphatic rings. The van der Waals surface area contributed by atoms with E-state index in [1.165, 1.54) is 12.2 Å². The first kappa shape index (κ1) is 9.17. The Morgan fingerprint density at radius 1 is 1.60 bits per heavy atom. The summed E-state index contributed by atoms with van der Waals surface area (Å²) in [5, 5.41) is 0. The van der Waals surface area contributed by atoms with Crippen LogP contribution in [0, 0.1) is 0 Å². The third-order valence-electron chi connectivity index (χ3n) is 1.46. The summed E-state index contributed by atoms with van der Waals surface area (Å²) in [5.41, 5.74) is 0. The van der Waals surface area contributed by atoms with Crippen LogP contribution in [0.2, 0.25) is 0 Å². The van der Waals surface area contributed by atoms with Gasteiger partial charge in [0.15, 0.2) is 0 Å². The molecule has 0 spiro atoms. The predicted octanol–water partition coefficient (Wildman–Crippen LogP) is 0.615. The highest BCUT2D eigenvalue weighted by Crippen LogP contribution is 1.89. The van der Waals surface area contributed by atoms with Crippen LogP contribution in [-0.2, 0) is 13.5 Å². The van der Waals surface area contributed by atoms with Crippen LogP contribution in [0.15, 0.2) is 12.4 Å². The van der Waals surface area contributed by atoms with Crippen molar-refractivity contribution in [1.82, 2.24) is 4.98 Å². The Kier molecular flexibility index (Phi) is 3.72. The number of imidazole rings is 1. The summed E-state index contributed by atoms with van der Waals surface area (Å²) in [6.45, 7) is 2.18. The smallest absolute Gasteiger partial charge is 0.253 e. The van der Waals surface area contributed by atoms with E-state index in [0.29, 0.717) is 0 Å². The van der Waals surface area contributed by atoms with Crippen LogP contribution < -0.4 is 4.57 Å². The molecule has 0 aliphatic heterocycles. The molecule has 0 saturated heterocycles. The van der Waals surface area contributed by atoms with Crippen LogP contribution in [0.1, 0.15) is 19.2 Å². The fourth-order valence-corrected chi connectivity index (χ4v) is 0.922. The normalized spacial score (nSPS) is 9.00. The Morgan fingerprint density at radius 3 is 2.70 bits per heavy atom. The van der Waals surface area contributed by atoms with Crippen molar-refractivity contribution < 1.29 is 10.0 Å². The quantitative estimate of drug-likeness (QED) is 0.604. The molecule has 0 aliphatic carbocycles. The molecular weight excluding hydrogens is 128 g/mol. The number of aryl methyl sites for hydroxylation is 2. The monoisotopic (exact) mass is 142 g/mol. The minimum Gasteiger partial charge on any atom is -0.870 e. The molecule has 0 aromatic carbocycles. The summed E-state index contributed by atoms with van der Waals surface area (Å²) in [7, 11) is 2.06. The van der Waals surface area contributed by atoms with Gasteiger partial charge in [-0.2, -0.15) is 0 Å². The molecule has 0 amide bonds. The first-order valence-corrected chi connectivity index (χ1v) is 3.36. The third kappa shape index (κ3) is 1.84. The minimum absolute atomic E-state index is 0. The van der Waals surface area contributed by atoms with Crippen LogP contribution in [0.4, 0.5) is 0 Å². The van der Waals surface area contributed by atoms with Crippen LogP contribution in [0.3, 0.4) is 0 Å². The summed E-state index contributed by atoms with van der Waals surface area (Å²) in [6.07, 6.45) is 6.34. The van der Waals surface area contributed by atoms with E-state index >= 15 is 0 Å². The Balaban J connectivity index is 0.000000810. The lowest BCUT2D eigenvalue weighted by atomic mass is 10.3. The Hall–Kier alpha value is -0.830. The average molecular weight is 142 g/mol. The Bertz CT molecular complexity index is 183. The minimum atomic E-state index is 0. The standard InChI is InChI=1S/C7H12N2.H2O/c1-3-4-7-8-5-6-9(7)2;/h5-6H,3-4H2,1-2H3;1H2. The number of nitrogens with one attached hydrogen (secondary N) is 1. The number of aromatic nitrogens is 2. The van der Waals surface area contributed by atoms with E-state index in [-0.39, 0.29) is 5.48 Å². The highest BCUT2D eigenvalue weighted by molar-refractivity contribution is 4.75. The van der Waals surface area contributed by atoms with Gasteiger partial charge in [-0.05, 0) is 6.42 Å². The van der Waals surface area contributed by atoms with Gasteiger partial charge < -0.3 is 5.48 Å². The van der Waals surface area contributed by atoms with Gasteiger partial charge >= 0.3 is 0 Å². The maximum absolute atomic E-state index is 3.17. The zero-order chi connectivity index (χ0) is 6.69. The number of hydrogen-bond acceptors (Lipinski definition) is 1. The van der Waals surface area contributed by atoms with E-state index in [1.807, 2.05) is 12.4 Å². The van der Waals surface area contributed by atoms with Crippen molar-refractivity contribution in [3.63, 3.8) is 0 Å². The molecule has 10 heavy (non-hydrogen) atoms. The lowest BCUT2D eigenvalue weighted by Crippen LogP contribution is -2.30. The van der Waals surface area contributed by atoms with Crippen molar-refractivity contribution >= 4 is 0 Å². The fraction of sp³-hybridized carbons (Fsp3) is 0.571. The molecule has 0 bridgehead atoms. The van der Waals surface area contributed by atoms with Crippen molar-refractivity contribution in [3.05, 3.63) is 18.2 Å². The Morgan fingerprint density at radius 2 is 2.30 bits per heavy atom. The van der Waals surface area contributed by atoms with Crippen molar-refractivity contribution in [1.29, 1.82) is 0 Å². The van der Waals surface area contributed by atoms with Crippen molar-refractivity contribution in [2.24, 2.45) is 7.05 Å². The zero-order valence-corrected chi connectivity index (χ0v) is 6.46. The maximum atomic E-state index is 3.17. The molecule has 3 heteroatoms. The number of aromatic amines is 1. The summed E-state index contributed by atoms with van der Waals surface area (Å²) < 4.78 is 2.11. The van der Waals surface area contributed by atoms with Crippen LogP contribution in [-0.4, -0.2) is 10.5 Å². The van der Waals surface area contributed by atoms with Gasteiger partial charge in [-0.25, -0.2) is 9.55 Å². The number of rotatable bonds is 2. The molecule has 2 N–H and O–H groups in total. The molecule has 3 nitrogen and oxygen atoms in total. The number of H-pyrrole nitrogens is 1. The number of nitrogens with zero attached hydrogens (tertiary/aromatic N) is 1. The van der Waals surface area contributed by atoms with Crippen LogP contribution in [0.25, 0.3) is 0 Å². The van der Waals surface area contributed by atoms with Crippen molar-refractivity contribution in [2.45, 2.75) is 19.8 Å². The second-order valence-corrected chi connectivity index (χ2v) is 2.27. The molecule has 0 radical (unpaired) electrons. The number of hydrogen-bond donors (Lipinski definition) is 1. The molecule has 0 saturated carbocycles. The van der Waals surface area contributed by atoms with E-state index < -0.39 is 0 Å². The van der Waals surface area contributed by atoms with E-state index in [0.717, 1.165) is 6.42 Å². The van der Waals surface area contributed by atoms with E-state index in [9.17, 15) is 0 Å². The summed E-state index contributed by atoms with van der Waals surface area (Å²) >= 11 is 0. The first-order valence-electron chi connectivity index (χ1n) is 3.36. The van der Waals surface area contributed by atoms with Gasteiger partial charge in [0.05, 0.1) is 7.05 Å². The van der Waals surface area contributed by atoms with Crippen molar-refractivity contribution in [3.8, 4) is 0 Å². The van der Waals surface area contributed by atoms with Gasteiger partial charge in [0.1, 0.15) is 12.4 Å². The summed E-state index contributed by atoms with van der Waals surface area (Å²) in [6, 6.07) is 0. The van der Waals surface area contributed by atoms with Gasteiger partial charge in [0.25, 0.3) is 5.82 Å². The predicted molar refractivity (Wildman–Crippen MR) is 37.9 cm³/mol. The highest BCUT2D eigenvalue weighted by Gasteiger charge is 2.02. The Labute approximate surface area is 61.0 Å². The highest BCUT2D eigenvalue weighted by atomic mass is 16.0. The molecule has 1 aromatic rings. The lowest BCUT2D eigenvalue weighted by molar-refractivity contribution is -0.677. The van der Waals surface area contributed by atoms with Gasteiger partial charge in [0.2, 0.25) is 0 Å². The van der Waals surface area contributed by atoms with Gasteiger partial charge in [-0.3, -0.25) is 0 Å². The zero-order valence-electron chi connectivity index (χ0n) is 6.46. The molecular formula is C7H14N2O. The second-order valence-electron chi connectivity index (χ2n) is 2.27.